The van der Waals surface area contributed by atoms with Gasteiger partial charge in [-0.2, -0.15) is 23.1 Å². The third-order valence-corrected chi connectivity index (χ3v) is 3.54. The fourth-order valence-corrected chi connectivity index (χ4v) is 2.46. The van der Waals surface area contributed by atoms with Crippen molar-refractivity contribution < 1.29 is 0 Å². The summed E-state index contributed by atoms with van der Waals surface area (Å²) in [7, 11) is 0. The Hall–Kier alpha value is 0.01000. The SMILES string of the molecule is CSCCCCCNCc1ccsc1. The van der Waals surface area contributed by atoms with Gasteiger partial charge in [-0.1, -0.05) is 6.42 Å². The zero-order valence-corrected chi connectivity index (χ0v) is 10.4. The second kappa shape index (κ2) is 8.33. The van der Waals surface area contributed by atoms with Crippen molar-refractivity contribution >= 4 is 23.1 Å². The van der Waals surface area contributed by atoms with E-state index in [1.807, 2.05) is 11.8 Å². The number of rotatable bonds is 8. The normalized spacial score (nSPS) is 10.6. The van der Waals surface area contributed by atoms with Crippen LogP contribution in [0.5, 0.6) is 0 Å². The summed E-state index contributed by atoms with van der Waals surface area (Å²) < 4.78 is 0. The van der Waals surface area contributed by atoms with Gasteiger partial charge in [-0.05, 0) is 53.8 Å². The Balaban J connectivity index is 1.85. The van der Waals surface area contributed by atoms with E-state index in [4.69, 9.17) is 0 Å². The number of thioether (sulfide) groups is 1. The van der Waals surface area contributed by atoms with Gasteiger partial charge in [-0.25, -0.2) is 0 Å². The number of hydrogen-bond acceptors (Lipinski definition) is 3. The Morgan fingerprint density at radius 3 is 3.00 bits per heavy atom. The van der Waals surface area contributed by atoms with E-state index < -0.39 is 0 Å². The van der Waals surface area contributed by atoms with Crippen LogP contribution in [0.4, 0.5) is 0 Å². The molecule has 0 unspecified atom stereocenters. The van der Waals surface area contributed by atoms with Gasteiger partial charge in [-0.15, -0.1) is 0 Å². The lowest BCUT2D eigenvalue weighted by molar-refractivity contribution is 0.619. The molecular weight excluding hydrogens is 210 g/mol. The van der Waals surface area contributed by atoms with Crippen LogP contribution in [0.2, 0.25) is 0 Å². The first-order chi connectivity index (χ1) is 6.93. The standard InChI is InChI=1S/C11H19NS2/c1-13-7-4-2-3-6-12-9-11-5-8-14-10-11/h5,8,10,12H,2-4,6-7,9H2,1H3. The number of unbranched alkanes of at least 4 members (excludes halogenated alkanes) is 2. The molecule has 0 radical (unpaired) electrons. The summed E-state index contributed by atoms with van der Waals surface area (Å²) in [6.07, 6.45) is 6.21. The lowest BCUT2D eigenvalue weighted by Gasteiger charge is -2.02. The minimum absolute atomic E-state index is 1.03. The zero-order chi connectivity index (χ0) is 10.1. The molecule has 0 saturated carbocycles. The van der Waals surface area contributed by atoms with Crippen molar-refractivity contribution in [3.05, 3.63) is 22.4 Å². The number of thiophene rings is 1. The van der Waals surface area contributed by atoms with E-state index in [1.165, 1.54) is 30.6 Å². The van der Waals surface area contributed by atoms with Gasteiger partial charge in [0, 0.05) is 6.54 Å². The largest absolute Gasteiger partial charge is 0.313 e. The summed E-state index contributed by atoms with van der Waals surface area (Å²) in [6.45, 7) is 2.19. The van der Waals surface area contributed by atoms with Gasteiger partial charge in [0.25, 0.3) is 0 Å². The second-order valence-corrected chi connectivity index (χ2v) is 5.13. The quantitative estimate of drug-likeness (QED) is 0.686. The molecule has 0 aliphatic rings. The Kier molecular flexibility index (Phi) is 7.19. The number of hydrogen-bond donors (Lipinski definition) is 1. The summed E-state index contributed by atoms with van der Waals surface area (Å²) in [4.78, 5) is 0. The highest BCUT2D eigenvalue weighted by Crippen LogP contribution is 2.05. The first-order valence-electron chi connectivity index (χ1n) is 5.14. The monoisotopic (exact) mass is 229 g/mol. The minimum atomic E-state index is 1.03. The van der Waals surface area contributed by atoms with Crippen LogP contribution in [0.25, 0.3) is 0 Å². The van der Waals surface area contributed by atoms with Gasteiger partial charge >= 0.3 is 0 Å². The van der Waals surface area contributed by atoms with Crippen LogP contribution in [0.3, 0.4) is 0 Å². The third kappa shape index (κ3) is 5.68. The van der Waals surface area contributed by atoms with Crippen LogP contribution in [0.15, 0.2) is 16.8 Å². The second-order valence-electron chi connectivity index (χ2n) is 3.36. The van der Waals surface area contributed by atoms with Crippen LogP contribution in [-0.2, 0) is 6.54 Å². The predicted octanol–water partition coefficient (Wildman–Crippen LogP) is 3.37. The van der Waals surface area contributed by atoms with Crippen LogP contribution in [0.1, 0.15) is 24.8 Å². The molecule has 0 aromatic carbocycles. The molecule has 1 rings (SSSR count). The van der Waals surface area contributed by atoms with Crippen molar-refractivity contribution in [1.29, 1.82) is 0 Å². The lowest BCUT2D eigenvalue weighted by atomic mass is 10.2. The van der Waals surface area contributed by atoms with Crippen LogP contribution >= 0.6 is 23.1 Å². The molecule has 1 nitrogen and oxygen atoms in total. The molecule has 1 aromatic heterocycles. The third-order valence-electron chi connectivity index (χ3n) is 2.11. The van der Waals surface area contributed by atoms with Gasteiger partial charge in [0.05, 0.1) is 0 Å². The van der Waals surface area contributed by atoms with Crippen molar-refractivity contribution in [3.8, 4) is 0 Å². The molecule has 0 bridgehead atoms. The fourth-order valence-electron chi connectivity index (χ4n) is 1.30. The molecule has 0 saturated heterocycles. The van der Waals surface area contributed by atoms with E-state index in [1.54, 1.807) is 11.3 Å². The molecule has 14 heavy (non-hydrogen) atoms. The van der Waals surface area contributed by atoms with Crippen molar-refractivity contribution in [2.75, 3.05) is 18.6 Å². The van der Waals surface area contributed by atoms with E-state index >= 15 is 0 Å². The Morgan fingerprint density at radius 2 is 2.29 bits per heavy atom. The van der Waals surface area contributed by atoms with Gasteiger partial charge in [0.2, 0.25) is 0 Å². The first kappa shape index (κ1) is 12.1. The molecule has 0 atom stereocenters. The summed E-state index contributed by atoms with van der Waals surface area (Å²) in [5.74, 6) is 1.31. The van der Waals surface area contributed by atoms with E-state index in [2.05, 4.69) is 28.4 Å². The van der Waals surface area contributed by atoms with Crippen LogP contribution in [-0.4, -0.2) is 18.6 Å². The molecule has 3 heteroatoms. The highest BCUT2D eigenvalue weighted by atomic mass is 32.2. The molecule has 0 aliphatic heterocycles. The minimum Gasteiger partial charge on any atom is -0.313 e. The predicted molar refractivity (Wildman–Crippen MR) is 68.3 cm³/mol. The van der Waals surface area contributed by atoms with E-state index in [0.717, 1.165) is 13.1 Å². The molecule has 0 amide bonds. The van der Waals surface area contributed by atoms with Crippen molar-refractivity contribution in [1.82, 2.24) is 5.32 Å². The fraction of sp³-hybridized carbons (Fsp3) is 0.636. The Labute approximate surface area is 95.3 Å². The molecule has 0 fully saturated rings. The zero-order valence-electron chi connectivity index (χ0n) is 8.79. The van der Waals surface area contributed by atoms with E-state index in [-0.39, 0.29) is 0 Å². The van der Waals surface area contributed by atoms with Gasteiger partial charge < -0.3 is 5.32 Å². The van der Waals surface area contributed by atoms with Crippen LogP contribution < -0.4 is 5.32 Å². The molecule has 0 spiro atoms. The molecular formula is C11H19NS2. The highest BCUT2D eigenvalue weighted by molar-refractivity contribution is 7.98. The Bertz CT molecular complexity index is 209. The van der Waals surface area contributed by atoms with Gasteiger partial charge in [0.15, 0.2) is 0 Å². The van der Waals surface area contributed by atoms with Gasteiger partial charge in [0.1, 0.15) is 0 Å². The summed E-state index contributed by atoms with van der Waals surface area (Å²) in [5.41, 5.74) is 1.42. The summed E-state index contributed by atoms with van der Waals surface area (Å²) in [6, 6.07) is 2.19. The molecule has 80 valence electrons. The average molecular weight is 229 g/mol. The maximum absolute atomic E-state index is 3.46. The summed E-state index contributed by atoms with van der Waals surface area (Å²) in [5, 5.41) is 7.81. The molecule has 1 aromatic rings. The summed E-state index contributed by atoms with van der Waals surface area (Å²) >= 11 is 3.72. The van der Waals surface area contributed by atoms with Gasteiger partial charge in [-0.3, -0.25) is 0 Å². The lowest BCUT2D eigenvalue weighted by Crippen LogP contribution is -2.14. The highest BCUT2D eigenvalue weighted by Gasteiger charge is 1.92. The van der Waals surface area contributed by atoms with Crippen molar-refractivity contribution in [2.45, 2.75) is 25.8 Å². The average Bonchev–Trinajstić information content (AvgIpc) is 2.69. The first-order valence-corrected chi connectivity index (χ1v) is 7.48. The van der Waals surface area contributed by atoms with Crippen LogP contribution in [0, 0.1) is 0 Å². The van der Waals surface area contributed by atoms with Crippen molar-refractivity contribution in [2.24, 2.45) is 0 Å². The number of nitrogens with one attached hydrogen (secondary N) is 1. The smallest absolute Gasteiger partial charge is 0.0213 e. The van der Waals surface area contributed by atoms with E-state index in [0.29, 0.717) is 0 Å². The van der Waals surface area contributed by atoms with Crippen molar-refractivity contribution in [3.63, 3.8) is 0 Å². The molecule has 0 aliphatic carbocycles. The Morgan fingerprint density at radius 1 is 1.36 bits per heavy atom. The molecule has 1 N–H and O–H groups in total. The maximum atomic E-state index is 3.46. The molecule has 1 heterocycles. The topological polar surface area (TPSA) is 12.0 Å². The maximum Gasteiger partial charge on any atom is 0.0213 e. The van der Waals surface area contributed by atoms with E-state index in [9.17, 15) is 0 Å².